The Labute approximate surface area is 127 Å². The highest BCUT2D eigenvalue weighted by atomic mass is 79.9. The Morgan fingerprint density at radius 2 is 2.25 bits per heavy atom. The average molecular weight is 340 g/mol. The standard InChI is InChI=1S/C14H18BrN3O2/c1-18-10-13(9-17-18)20-14-7-12(15)4-3-11(14)8-16-5-6-19-2/h3-4,7,9-10,16H,5-6,8H2,1-2H3. The third-order valence-electron chi connectivity index (χ3n) is 2.74. The summed E-state index contributed by atoms with van der Waals surface area (Å²) < 4.78 is 13.6. The molecule has 6 heteroatoms. The van der Waals surface area contributed by atoms with Crippen LogP contribution < -0.4 is 10.1 Å². The van der Waals surface area contributed by atoms with Crippen LogP contribution in [-0.4, -0.2) is 30.0 Å². The lowest BCUT2D eigenvalue weighted by molar-refractivity contribution is 0.199. The summed E-state index contributed by atoms with van der Waals surface area (Å²) >= 11 is 3.47. The molecule has 1 heterocycles. The lowest BCUT2D eigenvalue weighted by Gasteiger charge is -2.11. The number of nitrogens with zero attached hydrogens (tertiary/aromatic N) is 2. The van der Waals surface area contributed by atoms with E-state index in [-0.39, 0.29) is 0 Å². The molecule has 0 radical (unpaired) electrons. The van der Waals surface area contributed by atoms with Crippen molar-refractivity contribution in [3.05, 3.63) is 40.6 Å². The van der Waals surface area contributed by atoms with E-state index in [4.69, 9.17) is 9.47 Å². The third kappa shape index (κ3) is 4.33. The maximum absolute atomic E-state index is 5.88. The molecule has 5 nitrogen and oxygen atoms in total. The van der Waals surface area contributed by atoms with Crippen molar-refractivity contribution in [1.29, 1.82) is 0 Å². The fourth-order valence-electron chi connectivity index (χ4n) is 1.75. The zero-order chi connectivity index (χ0) is 14.4. The monoisotopic (exact) mass is 339 g/mol. The predicted octanol–water partition coefficient (Wildman–Crippen LogP) is 2.71. The van der Waals surface area contributed by atoms with E-state index >= 15 is 0 Å². The van der Waals surface area contributed by atoms with Gasteiger partial charge in [-0.25, -0.2) is 0 Å². The summed E-state index contributed by atoms with van der Waals surface area (Å²) in [5, 5.41) is 7.41. The number of ether oxygens (including phenoxy) is 2. The van der Waals surface area contributed by atoms with Crippen molar-refractivity contribution >= 4 is 15.9 Å². The Bertz CT molecular complexity index is 557. The second kappa shape index (κ2) is 7.42. The van der Waals surface area contributed by atoms with E-state index in [1.54, 1.807) is 18.0 Å². The molecule has 0 amide bonds. The molecule has 0 aliphatic heterocycles. The Hall–Kier alpha value is -1.37. The molecule has 0 saturated heterocycles. The zero-order valence-corrected chi connectivity index (χ0v) is 13.2. The highest BCUT2D eigenvalue weighted by Crippen LogP contribution is 2.28. The summed E-state index contributed by atoms with van der Waals surface area (Å²) in [5.74, 6) is 1.54. The van der Waals surface area contributed by atoms with Gasteiger partial charge >= 0.3 is 0 Å². The van der Waals surface area contributed by atoms with Crippen molar-refractivity contribution in [1.82, 2.24) is 15.1 Å². The topological polar surface area (TPSA) is 48.3 Å². The summed E-state index contributed by atoms with van der Waals surface area (Å²) in [6.45, 7) is 2.22. The molecule has 0 unspecified atom stereocenters. The summed E-state index contributed by atoms with van der Waals surface area (Å²) in [5.41, 5.74) is 1.09. The number of hydrogen-bond donors (Lipinski definition) is 1. The molecule has 2 rings (SSSR count). The third-order valence-corrected chi connectivity index (χ3v) is 3.23. The van der Waals surface area contributed by atoms with Gasteiger partial charge in [-0.2, -0.15) is 5.10 Å². The lowest BCUT2D eigenvalue weighted by atomic mass is 10.2. The molecule has 0 aliphatic carbocycles. The molecular formula is C14H18BrN3O2. The maximum atomic E-state index is 5.88. The molecule has 2 aromatic rings. The van der Waals surface area contributed by atoms with E-state index in [1.807, 2.05) is 31.4 Å². The SMILES string of the molecule is COCCNCc1ccc(Br)cc1Oc1cnn(C)c1. The Morgan fingerprint density at radius 1 is 1.40 bits per heavy atom. The Morgan fingerprint density at radius 3 is 2.95 bits per heavy atom. The molecule has 1 aromatic carbocycles. The fourth-order valence-corrected chi connectivity index (χ4v) is 2.09. The normalized spacial score (nSPS) is 10.8. The molecular weight excluding hydrogens is 322 g/mol. The minimum Gasteiger partial charge on any atom is -0.454 e. The van der Waals surface area contributed by atoms with E-state index < -0.39 is 0 Å². The number of nitrogens with one attached hydrogen (secondary N) is 1. The summed E-state index contributed by atoms with van der Waals surface area (Å²) in [7, 11) is 3.55. The Kier molecular flexibility index (Phi) is 5.58. The van der Waals surface area contributed by atoms with Crippen molar-refractivity contribution in [2.45, 2.75) is 6.54 Å². The molecule has 1 aromatic heterocycles. The van der Waals surface area contributed by atoms with E-state index in [1.165, 1.54) is 0 Å². The van der Waals surface area contributed by atoms with Gasteiger partial charge < -0.3 is 14.8 Å². The van der Waals surface area contributed by atoms with Crippen molar-refractivity contribution in [2.75, 3.05) is 20.3 Å². The number of methoxy groups -OCH3 is 1. The van der Waals surface area contributed by atoms with Crippen LogP contribution in [0.15, 0.2) is 35.1 Å². The number of aryl methyl sites for hydroxylation is 1. The van der Waals surface area contributed by atoms with Gasteiger partial charge in [-0.1, -0.05) is 22.0 Å². The average Bonchev–Trinajstić information content (AvgIpc) is 2.82. The number of halogens is 1. The fraction of sp³-hybridized carbons (Fsp3) is 0.357. The summed E-state index contributed by atoms with van der Waals surface area (Å²) in [6, 6.07) is 6.00. The van der Waals surface area contributed by atoms with Crippen LogP contribution >= 0.6 is 15.9 Å². The van der Waals surface area contributed by atoms with Crippen LogP contribution in [0.3, 0.4) is 0 Å². The van der Waals surface area contributed by atoms with Gasteiger partial charge in [0.05, 0.1) is 19.0 Å². The van der Waals surface area contributed by atoms with E-state index in [9.17, 15) is 0 Å². The molecule has 20 heavy (non-hydrogen) atoms. The van der Waals surface area contributed by atoms with Crippen molar-refractivity contribution in [3.8, 4) is 11.5 Å². The van der Waals surface area contributed by atoms with E-state index in [2.05, 4.69) is 26.3 Å². The number of benzene rings is 1. The van der Waals surface area contributed by atoms with Crippen molar-refractivity contribution in [3.63, 3.8) is 0 Å². The molecule has 1 N–H and O–H groups in total. The van der Waals surface area contributed by atoms with Gasteiger partial charge in [-0.15, -0.1) is 0 Å². The van der Waals surface area contributed by atoms with Gasteiger partial charge in [0, 0.05) is 37.3 Å². The first-order chi connectivity index (χ1) is 9.69. The van der Waals surface area contributed by atoms with Crippen LogP contribution in [0.5, 0.6) is 11.5 Å². The first-order valence-corrected chi connectivity index (χ1v) is 7.13. The number of hydrogen-bond acceptors (Lipinski definition) is 4. The molecule has 0 atom stereocenters. The smallest absolute Gasteiger partial charge is 0.165 e. The van der Waals surface area contributed by atoms with Gasteiger partial charge in [-0.3, -0.25) is 4.68 Å². The predicted molar refractivity (Wildman–Crippen MR) is 81.0 cm³/mol. The largest absolute Gasteiger partial charge is 0.454 e. The van der Waals surface area contributed by atoms with Crippen LogP contribution in [0.2, 0.25) is 0 Å². The minimum atomic E-state index is 0.690. The van der Waals surface area contributed by atoms with Crippen LogP contribution in [-0.2, 0) is 18.3 Å². The van der Waals surface area contributed by atoms with Crippen LogP contribution in [0.4, 0.5) is 0 Å². The first-order valence-electron chi connectivity index (χ1n) is 6.33. The quantitative estimate of drug-likeness (QED) is 0.788. The number of rotatable bonds is 7. The van der Waals surface area contributed by atoms with Gasteiger partial charge in [0.15, 0.2) is 5.75 Å². The molecule has 0 bridgehead atoms. The molecule has 0 spiro atoms. The molecule has 0 aliphatic rings. The molecule has 0 fully saturated rings. The van der Waals surface area contributed by atoms with Crippen molar-refractivity contribution in [2.24, 2.45) is 7.05 Å². The highest BCUT2D eigenvalue weighted by Gasteiger charge is 2.07. The summed E-state index contributed by atoms with van der Waals surface area (Å²) in [6.07, 6.45) is 3.53. The highest BCUT2D eigenvalue weighted by molar-refractivity contribution is 9.10. The second-order valence-electron chi connectivity index (χ2n) is 4.37. The van der Waals surface area contributed by atoms with Gasteiger partial charge in [0.2, 0.25) is 0 Å². The van der Waals surface area contributed by atoms with E-state index in [0.29, 0.717) is 6.61 Å². The van der Waals surface area contributed by atoms with Crippen LogP contribution in [0.1, 0.15) is 5.56 Å². The summed E-state index contributed by atoms with van der Waals surface area (Å²) in [4.78, 5) is 0. The van der Waals surface area contributed by atoms with Crippen LogP contribution in [0.25, 0.3) is 0 Å². The number of aromatic nitrogens is 2. The Balaban J connectivity index is 2.07. The maximum Gasteiger partial charge on any atom is 0.165 e. The van der Waals surface area contributed by atoms with Gasteiger partial charge in [0.1, 0.15) is 5.75 Å². The lowest BCUT2D eigenvalue weighted by Crippen LogP contribution is -2.18. The van der Waals surface area contributed by atoms with Gasteiger partial charge in [-0.05, 0) is 12.1 Å². The van der Waals surface area contributed by atoms with Gasteiger partial charge in [0.25, 0.3) is 0 Å². The van der Waals surface area contributed by atoms with Crippen LogP contribution in [0, 0.1) is 0 Å². The molecule has 0 saturated carbocycles. The van der Waals surface area contributed by atoms with Crippen molar-refractivity contribution < 1.29 is 9.47 Å². The minimum absolute atomic E-state index is 0.690. The molecule has 108 valence electrons. The van der Waals surface area contributed by atoms with E-state index in [0.717, 1.165) is 34.6 Å². The first kappa shape index (κ1) is 15.0. The zero-order valence-electron chi connectivity index (χ0n) is 11.6. The second-order valence-corrected chi connectivity index (χ2v) is 5.29.